The van der Waals surface area contributed by atoms with Crippen molar-refractivity contribution in [3.05, 3.63) is 33.9 Å². The average Bonchev–Trinajstić information content (AvgIpc) is 2.69. The third kappa shape index (κ3) is 6.21. The van der Waals surface area contributed by atoms with E-state index in [0.29, 0.717) is 37.6 Å². The Balaban J connectivity index is 1.96. The third-order valence-corrected chi connectivity index (χ3v) is 4.37. The van der Waals surface area contributed by atoms with Crippen LogP contribution in [-0.4, -0.2) is 56.0 Å². The van der Waals surface area contributed by atoms with Crippen LogP contribution < -0.4 is 10.2 Å². The third-order valence-electron chi connectivity index (χ3n) is 4.37. The number of nitro groups is 1. The normalized spacial score (nSPS) is 14.6. The number of hydrogen-bond donors (Lipinski definition) is 1. The van der Waals surface area contributed by atoms with E-state index in [1.54, 1.807) is 12.1 Å². The Morgan fingerprint density at radius 3 is 2.74 bits per heavy atom. The van der Waals surface area contributed by atoms with Crippen molar-refractivity contribution in [2.75, 3.05) is 37.8 Å². The van der Waals surface area contributed by atoms with E-state index in [0.717, 1.165) is 12.8 Å². The van der Waals surface area contributed by atoms with E-state index in [9.17, 15) is 14.9 Å². The van der Waals surface area contributed by atoms with Crippen LogP contribution in [0.2, 0.25) is 0 Å². The number of hydrogen-bond acceptors (Lipinski definition) is 7. The Labute approximate surface area is 158 Å². The molecule has 0 aromatic heterocycles. The van der Waals surface area contributed by atoms with Crippen molar-refractivity contribution < 1.29 is 19.3 Å². The fraction of sp³-hybridized carbons (Fsp3) is 0.556. The van der Waals surface area contributed by atoms with Crippen molar-refractivity contribution in [2.24, 2.45) is 5.16 Å². The molecule has 9 nitrogen and oxygen atoms in total. The van der Waals surface area contributed by atoms with Gasteiger partial charge in [-0.3, -0.25) is 14.9 Å². The Morgan fingerprint density at radius 1 is 1.41 bits per heavy atom. The molecular formula is C18H26N4O5. The summed E-state index contributed by atoms with van der Waals surface area (Å²) in [4.78, 5) is 29.7. The van der Waals surface area contributed by atoms with E-state index in [1.807, 2.05) is 18.7 Å². The van der Waals surface area contributed by atoms with Gasteiger partial charge in [0.1, 0.15) is 5.69 Å². The smallest absolute Gasteiger partial charge is 0.293 e. The topological polar surface area (TPSA) is 106 Å². The van der Waals surface area contributed by atoms with Gasteiger partial charge in [0.15, 0.2) is 6.61 Å². The molecule has 0 unspecified atom stereocenters. The zero-order valence-electron chi connectivity index (χ0n) is 15.7. The number of nitrogens with one attached hydrogen (secondary N) is 1. The number of anilines is 1. The fourth-order valence-electron chi connectivity index (χ4n) is 2.79. The second-order valence-electron chi connectivity index (χ2n) is 6.19. The molecule has 1 aliphatic heterocycles. The quantitative estimate of drug-likeness (QED) is 0.401. The second kappa shape index (κ2) is 10.5. The average molecular weight is 378 g/mol. The Kier molecular flexibility index (Phi) is 8.00. The Bertz CT molecular complexity index is 670. The van der Waals surface area contributed by atoms with Gasteiger partial charge in [0.05, 0.1) is 24.4 Å². The SMILES string of the molecule is CCC(CC)NC(=O)CO/N=C\c1ccc(N2CCOCC2)c([N+](=O)[O-])c1. The van der Waals surface area contributed by atoms with Gasteiger partial charge < -0.3 is 19.8 Å². The first-order valence-corrected chi connectivity index (χ1v) is 9.11. The molecule has 1 N–H and O–H groups in total. The van der Waals surface area contributed by atoms with Gasteiger partial charge >= 0.3 is 0 Å². The zero-order chi connectivity index (χ0) is 19.6. The lowest BCUT2D eigenvalue weighted by atomic mass is 10.1. The largest absolute Gasteiger partial charge is 0.386 e. The molecule has 1 aromatic carbocycles. The summed E-state index contributed by atoms with van der Waals surface area (Å²) in [5, 5.41) is 18.0. The van der Waals surface area contributed by atoms with E-state index in [-0.39, 0.29) is 24.2 Å². The number of nitro benzene ring substituents is 1. The predicted octanol–water partition coefficient (Wildman–Crippen LogP) is 2.09. The minimum Gasteiger partial charge on any atom is -0.386 e. The summed E-state index contributed by atoms with van der Waals surface area (Å²) in [5.74, 6) is -0.241. The number of carbonyl (C=O) groups is 1. The molecule has 1 aliphatic rings. The number of carbonyl (C=O) groups excluding carboxylic acids is 1. The van der Waals surface area contributed by atoms with E-state index in [4.69, 9.17) is 9.57 Å². The van der Waals surface area contributed by atoms with Crippen LogP contribution in [0.5, 0.6) is 0 Å². The van der Waals surface area contributed by atoms with Crippen molar-refractivity contribution in [1.29, 1.82) is 0 Å². The molecule has 0 radical (unpaired) electrons. The van der Waals surface area contributed by atoms with Crippen LogP contribution in [0, 0.1) is 10.1 Å². The highest BCUT2D eigenvalue weighted by atomic mass is 16.6. The van der Waals surface area contributed by atoms with Crippen molar-refractivity contribution >= 4 is 23.5 Å². The van der Waals surface area contributed by atoms with E-state index >= 15 is 0 Å². The monoisotopic (exact) mass is 378 g/mol. The van der Waals surface area contributed by atoms with Gasteiger partial charge in [-0.05, 0) is 18.9 Å². The molecule has 27 heavy (non-hydrogen) atoms. The molecule has 1 fully saturated rings. The molecular weight excluding hydrogens is 352 g/mol. The first-order valence-electron chi connectivity index (χ1n) is 9.11. The lowest BCUT2D eigenvalue weighted by molar-refractivity contribution is -0.384. The number of nitrogens with zero attached hydrogens (tertiary/aromatic N) is 3. The number of morpholine rings is 1. The summed E-state index contributed by atoms with van der Waals surface area (Å²) in [6, 6.07) is 5.00. The molecule has 0 spiro atoms. The maximum atomic E-state index is 11.7. The van der Waals surface area contributed by atoms with Gasteiger partial charge in [-0.15, -0.1) is 0 Å². The molecule has 1 heterocycles. The Morgan fingerprint density at radius 2 is 2.11 bits per heavy atom. The zero-order valence-corrected chi connectivity index (χ0v) is 15.7. The van der Waals surface area contributed by atoms with Crippen LogP contribution in [0.3, 0.4) is 0 Å². The summed E-state index contributed by atoms with van der Waals surface area (Å²) in [6.07, 6.45) is 3.07. The van der Waals surface area contributed by atoms with Gasteiger partial charge in [0, 0.05) is 30.8 Å². The van der Waals surface area contributed by atoms with E-state index < -0.39 is 4.92 Å². The standard InChI is InChI=1S/C18H26N4O5/c1-3-15(4-2)20-18(23)13-27-19-12-14-5-6-16(17(11-14)22(24)25)21-7-9-26-10-8-21/h5-6,11-12,15H,3-4,7-10,13H2,1-2H3,(H,20,23)/b19-12-. The molecule has 0 atom stereocenters. The molecule has 0 aliphatic carbocycles. The summed E-state index contributed by atoms with van der Waals surface area (Å²) in [5.41, 5.74) is 1.09. The van der Waals surface area contributed by atoms with Gasteiger partial charge in [-0.1, -0.05) is 25.1 Å². The molecule has 1 amide bonds. The van der Waals surface area contributed by atoms with Crippen LogP contribution >= 0.6 is 0 Å². The predicted molar refractivity (Wildman–Crippen MR) is 102 cm³/mol. The van der Waals surface area contributed by atoms with Gasteiger partial charge in [0.25, 0.3) is 11.6 Å². The summed E-state index contributed by atoms with van der Waals surface area (Å²) in [7, 11) is 0. The van der Waals surface area contributed by atoms with Crippen LogP contribution in [0.15, 0.2) is 23.4 Å². The van der Waals surface area contributed by atoms with Crippen molar-refractivity contribution in [3.8, 4) is 0 Å². The summed E-state index contributed by atoms with van der Waals surface area (Å²) in [6.45, 7) is 6.13. The first kappa shape index (κ1) is 20.6. The van der Waals surface area contributed by atoms with E-state index in [2.05, 4.69) is 10.5 Å². The summed E-state index contributed by atoms with van der Waals surface area (Å²) >= 11 is 0. The van der Waals surface area contributed by atoms with Crippen LogP contribution in [0.4, 0.5) is 11.4 Å². The maximum Gasteiger partial charge on any atom is 0.293 e. The molecule has 1 aromatic rings. The van der Waals surface area contributed by atoms with Crippen LogP contribution in [0.25, 0.3) is 0 Å². The number of oxime groups is 1. The minimum absolute atomic E-state index is 0.00678. The maximum absolute atomic E-state index is 11.7. The molecule has 2 rings (SSSR count). The second-order valence-corrected chi connectivity index (χ2v) is 6.19. The molecule has 0 bridgehead atoms. The van der Waals surface area contributed by atoms with Crippen LogP contribution in [-0.2, 0) is 14.4 Å². The molecule has 0 saturated carbocycles. The lowest BCUT2D eigenvalue weighted by Gasteiger charge is -2.28. The van der Waals surface area contributed by atoms with Crippen molar-refractivity contribution in [3.63, 3.8) is 0 Å². The van der Waals surface area contributed by atoms with Gasteiger partial charge in [0.2, 0.25) is 0 Å². The minimum atomic E-state index is -0.411. The summed E-state index contributed by atoms with van der Waals surface area (Å²) < 4.78 is 5.29. The van der Waals surface area contributed by atoms with Crippen molar-refractivity contribution in [1.82, 2.24) is 5.32 Å². The molecule has 9 heteroatoms. The molecule has 148 valence electrons. The van der Waals surface area contributed by atoms with Gasteiger partial charge in [-0.2, -0.15) is 0 Å². The first-order chi connectivity index (χ1) is 13.0. The number of benzene rings is 1. The van der Waals surface area contributed by atoms with Gasteiger partial charge in [-0.25, -0.2) is 0 Å². The number of amides is 1. The highest BCUT2D eigenvalue weighted by Gasteiger charge is 2.21. The fourth-order valence-corrected chi connectivity index (χ4v) is 2.79. The van der Waals surface area contributed by atoms with Crippen LogP contribution in [0.1, 0.15) is 32.3 Å². The Hall–Kier alpha value is -2.68. The number of rotatable bonds is 9. The lowest BCUT2D eigenvalue weighted by Crippen LogP contribution is -2.36. The van der Waals surface area contributed by atoms with Crippen molar-refractivity contribution in [2.45, 2.75) is 32.7 Å². The molecule has 1 saturated heterocycles. The number of ether oxygens (including phenoxy) is 1. The highest BCUT2D eigenvalue weighted by molar-refractivity contribution is 5.83. The highest BCUT2D eigenvalue weighted by Crippen LogP contribution is 2.29. The van der Waals surface area contributed by atoms with E-state index in [1.165, 1.54) is 12.3 Å².